The van der Waals surface area contributed by atoms with E-state index in [1.165, 1.54) is 10.9 Å². The van der Waals surface area contributed by atoms with Crippen molar-refractivity contribution < 1.29 is 24.2 Å². The number of ether oxygens (including phenoxy) is 1. The molecule has 1 atom stereocenters. The SMILES string of the molecule is CCC(NC(=O)c1nn(C)cc1NC(=O)OCC1c2ccccc2-c2ccccc21)C(=O)O. The summed E-state index contributed by atoms with van der Waals surface area (Å²) in [5.41, 5.74) is 4.46. The number of hydrogen-bond donors (Lipinski definition) is 3. The number of aliphatic carboxylic acids is 1. The first kappa shape index (κ1) is 22.1. The van der Waals surface area contributed by atoms with Crippen LogP contribution in [0, 0.1) is 0 Å². The normalized spacial score (nSPS) is 13.0. The van der Waals surface area contributed by atoms with Crippen LogP contribution >= 0.6 is 0 Å². The maximum absolute atomic E-state index is 12.6. The number of fused-ring (bicyclic) bond motifs is 3. The molecule has 0 radical (unpaired) electrons. The van der Waals surface area contributed by atoms with Crippen LogP contribution in [0.3, 0.4) is 0 Å². The van der Waals surface area contributed by atoms with Gasteiger partial charge in [0.25, 0.3) is 5.91 Å². The van der Waals surface area contributed by atoms with Crippen molar-refractivity contribution in [2.45, 2.75) is 25.3 Å². The summed E-state index contributed by atoms with van der Waals surface area (Å²) in [5.74, 6) is -1.94. The molecule has 0 bridgehead atoms. The number of carbonyl (C=O) groups excluding carboxylic acids is 2. The largest absolute Gasteiger partial charge is 0.480 e. The molecule has 2 amide bonds. The number of rotatable bonds is 7. The van der Waals surface area contributed by atoms with Gasteiger partial charge in [0, 0.05) is 19.2 Å². The van der Waals surface area contributed by atoms with Crippen LogP contribution in [0.1, 0.15) is 40.9 Å². The number of nitrogens with one attached hydrogen (secondary N) is 2. The number of amides is 2. The van der Waals surface area contributed by atoms with Crippen molar-refractivity contribution in [3.05, 3.63) is 71.5 Å². The van der Waals surface area contributed by atoms with Gasteiger partial charge in [-0.15, -0.1) is 0 Å². The average Bonchev–Trinajstić information content (AvgIpc) is 3.33. The summed E-state index contributed by atoms with van der Waals surface area (Å²) in [7, 11) is 1.59. The Hall–Kier alpha value is -4.14. The van der Waals surface area contributed by atoms with E-state index in [1.54, 1.807) is 14.0 Å². The highest BCUT2D eigenvalue weighted by molar-refractivity contribution is 6.02. The van der Waals surface area contributed by atoms with Gasteiger partial charge in [0.2, 0.25) is 0 Å². The molecule has 9 heteroatoms. The van der Waals surface area contributed by atoms with Crippen molar-refractivity contribution in [2.24, 2.45) is 7.05 Å². The van der Waals surface area contributed by atoms with Crippen LogP contribution in [0.15, 0.2) is 54.7 Å². The fourth-order valence-electron chi connectivity index (χ4n) is 4.06. The van der Waals surface area contributed by atoms with Crippen LogP contribution in [-0.2, 0) is 16.6 Å². The Morgan fingerprint density at radius 2 is 1.70 bits per heavy atom. The molecule has 1 unspecified atom stereocenters. The quantitative estimate of drug-likeness (QED) is 0.509. The Kier molecular flexibility index (Phi) is 6.12. The molecular weight excluding hydrogens is 424 g/mol. The lowest BCUT2D eigenvalue weighted by molar-refractivity contribution is -0.139. The monoisotopic (exact) mass is 448 g/mol. The molecule has 1 aliphatic rings. The molecule has 4 rings (SSSR count). The number of hydrogen-bond acceptors (Lipinski definition) is 5. The van der Waals surface area contributed by atoms with Crippen LogP contribution in [0.2, 0.25) is 0 Å². The first-order valence-electron chi connectivity index (χ1n) is 10.6. The van der Waals surface area contributed by atoms with Gasteiger partial charge in [-0.25, -0.2) is 9.59 Å². The molecule has 0 fully saturated rings. The molecule has 3 N–H and O–H groups in total. The van der Waals surface area contributed by atoms with Crippen molar-refractivity contribution in [2.75, 3.05) is 11.9 Å². The first-order valence-corrected chi connectivity index (χ1v) is 10.6. The van der Waals surface area contributed by atoms with E-state index in [9.17, 15) is 19.5 Å². The molecule has 1 aliphatic carbocycles. The molecule has 0 saturated heterocycles. The first-order chi connectivity index (χ1) is 15.9. The summed E-state index contributed by atoms with van der Waals surface area (Å²) in [6, 6.07) is 15.0. The summed E-state index contributed by atoms with van der Waals surface area (Å²) in [4.78, 5) is 36.3. The van der Waals surface area contributed by atoms with Gasteiger partial charge in [0.1, 0.15) is 12.6 Å². The van der Waals surface area contributed by atoms with Gasteiger partial charge in [0.05, 0.1) is 5.69 Å². The van der Waals surface area contributed by atoms with Crippen molar-refractivity contribution in [3.63, 3.8) is 0 Å². The van der Waals surface area contributed by atoms with Gasteiger partial charge in [-0.1, -0.05) is 55.5 Å². The number of carbonyl (C=O) groups is 3. The zero-order chi connectivity index (χ0) is 23.5. The number of aromatic nitrogens is 2. The zero-order valence-electron chi connectivity index (χ0n) is 18.2. The predicted octanol–water partition coefficient (Wildman–Crippen LogP) is 3.37. The van der Waals surface area contributed by atoms with Gasteiger partial charge >= 0.3 is 12.1 Å². The molecule has 0 spiro atoms. The van der Waals surface area contributed by atoms with Crippen LogP contribution in [0.5, 0.6) is 0 Å². The number of benzene rings is 2. The molecule has 1 heterocycles. The number of carboxylic acid groups (broad SMARTS) is 1. The van der Waals surface area contributed by atoms with Crippen LogP contribution < -0.4 is 10.6 Å². The van der Waals surface area contributed by atoms with E-state index in [-0.39, 0.29) is 30.3 Å². The van der Waals surface area contributed by atoms with E-state index in [2.05, 4.69) is 27.9 Å². The third-order valence-electron chi connectivity index (χ3n) is 5.64. The van der Waals surface area contributed by atoms with E-state index in [4.69, 9.17) is 4.74 Å². The van der Waals surface area contributed by atoms with Crippen LogP contribution in [-0.4, -0.2) is 45.5 Å². The highest BCUT2D eigenvalue weighted by Crippen LogP contribution is 2.44. The number of aryl methyl sites for hydroxylation is 1. The highest BCUT2D eigenvalue weighted by Gasteiger charge is 2.29. The molecule has 0 saturated carbocycles. The fourth-order valence-corrected chi connectivity index (χ4v) is 4.06. The second-order valence-electron chi connectivity index (χ2n) is 7.79. The number of anilines is 1. The Labute approximate surface area is 190 Å². The smallest absolute Gasteiger partial charge is 0.411 e. The lowest BCUT2D eigenvalue weighted by Gasteiger charge is -2.15. The predicted molar refractivity (Wildman–Crippen MR) is 121 cm³/mol. The zero-order valence-corrected chi connectivity index (χ0v) is 18.2. The third-order valence-corrected chi connectivity index (χ3v) is 5.64. The Bertz CT molecular complexity index is 1170. The molecule has 3 aromatic rings. The van der Waals surface area contributed by atoms with Gasteiger partial charge in [-0.3, -0.25) is 14.8 Å². The van der Waals surface area contributed by atoms with Crippen molar-refractivity contribution in [3.8, 4) is 11.1 Å². The lowest BCUT2D eigenvalue weighted by atomic mass is 9.98. The molecule has 1 aromatic heterocycles. The van der Waals surface area contributed by atoms with Gasteiger partial charge < -0.3 is 15.2 Å². The molecule has 33 heavy (non-hydrogen) atoms. The molecule has 0 aliphatic heterocycles. The molecule has 170 valence electrons. The molecule has 9 nitrogen and oxygen atoms in total. The van der Waals surface area contributed by atoms with E-state index in [0.29, 0.717) is 0 Å². The summed E-state index contributed by atoms with van der Waals surface area (Å²) < 4.78 is 6.87. The maximum Gasteiger partial charge on any atom is 0.411 e. The summed E-state index contributed by atoms with van der Waals surface area (Å²) >= 11 is 0. The second-order valence-corrected chi connectivity index (χ2v) is 7.79. The standard InChI is InChI=1S/C24H24N4O5/c1-3-19(23(30)31)25-22(29)21-20(12-28(2)27-21)26-24(32)33-13-18-16-10-6-4-8-14(16)15-9-5-7-11-17(15)18/h4-12,18-19H,3,13H2,1-2H3,(H,25,29)(H,26,32)(H,30,31). The second kappa shape index (κ2) is 9.15. The lowest BCUT2D eigenvalue weighted by Crippen LogP contribution is -2.40. The average molecular weight is 448 g/mol. The highest BCUT2D eigenvalue weighted by atomic mass is 16.5. The Morgan fingerprint density at radius 3 is 2.27 bits per heavy atom. The summed E-state index contributed by atoms with van der Waals surface area (Å²) in [6.45, 7) is 1.77. The molecular formula is C24H24N4O5. The summed E-state index contributed by atoms with van der Waals surface area (Å²) in [6.07, 6.45) is 0.936. The van der Waals surface area contributed by atoms with Crippen molar-refractivity contribution in [1.82, 2.24) is 15.1 Å². The minimum atomic E-state index is -1.15. The fraction of sp³-hybridized carbons (Fsp3) is 0.250. The van der Waals surface area contributed by atoms with Crippen LogP contribution in [0.25, 0.3) is 11.1 Å². The van der Waals surface area contributed by atoms with E-state index < -0.39 is 24.0 Å². The van der Waals surface area contributed by atoms with Crippen molar-refractivity contribution in [1.29, 1.82) is 0 Å². The third kappa shape index (κ3) is 4.43. The Morgan fingerprint density at radius 1 is 1.09 bits per heavy atom. The van der Waals surface area contributed by atoms with E-state index in [0.717, 1.165) is 22.3 Å². The Balaban J connectivity index is 1.45. The van der Waals surface area contributed by atoms with Gasteiger partial charge in [-0.05, 0) is 28.7 Å². The maximum atomic E-state index is 12.6. The van der Waals surface area contributed by atoms with Crippen molar-refractivity contribution >= 4 is 23.7 Å². The topological polar surface area (TPSA) is 123 Å². The number of nitrogens with zero attached hydrogens (tertiary/aromatic N) is 2. The molecule has 2 aromatic carbocycles. The number of carboxylic acids is 1. The van der Waals surface area contributed by atoms with E-state index >= 15 is 0 Å². The van der Waals surface area contributed by atoms with Crippen LogP contribution in [0.4, 0.5) is 10.5 Å². The van der Waals surface area contributed by atoms with Gasteiger partial charge in [0.15, 0.2) is 5.69 Å². The van der Waals surface area contributed by atoms with E-state index in [1.807, 2.05) is 36.4 Å². The minimum absolute atomic E-state index is 0.0919. The summed E-state index contributed by atoms with van der Waals surface area (Å²) in [5, 5.41) is 18.2. The minimum Gasteiger partial charge on any atom is -0.480 e. The van der Waals surface area contributed by atoms with Gasteiger partial charge in [-0.2, -0.15) is 5.10 Å².